The highest BCUT2D eigenvalue weighted by Gasteiger charge is 2.35. The van der Waals surface area contributed by atoms with Gasteiger partial charge in [-0.1, -0.05) is 35.9 Å². The predicted molar refractivity (Wildman–Crippen MR) is 89.8 cm³/mol. The quantitative estimate of drug-likeness (QED) is 0.769. The number of hydroxylamine groups is 1. The SMILES string of the molecule is OCCc1ccccc1N1CC(Cl)=C(c2ccc(C(F)(F)F)c(F)c2)O1. The number of rotatable bonds is 4. The van der Waals surface area contributed by atoms with Crippen molar-refractivity contribution in [2.45, 2.75) is 12.6 Å². The topological polar surface area (TPSA) is 32.7 Å². The Morgan fingerprint density at radius 2 is 1.88 bits per heavy atom. The third-order valence-electron chi connectivity index (χ3n) is 3.91. The van der Waals surface area contributed by atoms with E-state index in [1.165, 1.54) is 5.06 Å². The Bertz CT molecular complexity index is 851. The van der Waals surface area contributed by atoms with E-state index in [-0.39, 0.29) is 29.5 Å². The van der Waals surface area contributed by atoms with Crippen LogP contribution in [-0.2, 0) is 17.4 Å². The van der Waals surface area contributed by atoms with Crippen molar-refractivity contribution in [3.63, 3.8) is 0 Å². The molecule has 2 aromatic carbocycles. The second kappa shape index (κ2) is 7.17. The first-order valence-electron chi connectivity index (χ1n) is 7.71. The van der Waals surface area contributed by atoms with E-state index in [0.29, 0.717) is 18.2 Å². The van der Waals surface area contributed by atoms with Gasteiger partial charge >= 0.3 is 6.18 Å². The van der Waals surface area contributed by atoms with Crippen LogP contribution in [0.1, 0.15) is 16.7 Å². The van der Waals surface area contributed by atoms with Crippen LogP contribution in [0, 0.1) is 5.82 Å². The second-order valence-electron chi connectivity index (χ2n) is 5.66. The summed E-state index contributed by atoms with van der Waals surface area (Å²) >= 11 is 6.19. The third kappa shape index (κ3) is 3.64. The molecule has 0 aliphatic carbocycles. The number of hydrogen-bond donors (Lipinski definition) is 1. The first-order chi connectivity index (χ1) is 12.3. The summed E-state index contributed by atoms with van der Waals surface area (Å²) in [6.07, 6.45) is -4.37. The predicted octanol–water partition coefficient (Wildman–Crippen LogP) is 4.74. The summed E-state index contributed by atoms with van der Waals surface area (Å²) < 4.78 is 51.9. The maximum absolute atomic E-state index is 13.8. The average Bonchev–Trinajstić information content (AvgIpc) is 2.96. The standard InChI is InChI=1S/C18H14ClF4NO2/c19-14-10-24(16-4-2-1-3-11(16)7-8-25)26-17(14)12-5-6-13(15(20)9-12)18(21,22)23/h1-6,9,25H,7-8,10H2. The number of para-hydroxylation sites is 1. The molecule has 0 bridgehead atoms. The van der Waals surface area contributed by atoms with Crippen molar-refractivity contribution in [3.8, 4) is 0 Å². The second-order valence-corrected chi connectivity index (χ2v) is 6.11. The molecule has 3 nitrogen and oxygen atoms in total. The van der Waals surface area contributed by atoms with Gasteiger partial charge in [0.25, 0.3) is 0 Å². The Morgan fingerprint density at radius 3 is 2.54 bits per heavy atom. The molecule has 3 rings (SSSR count). The normalized spacial score (nSPS) is 14.8. The van der Waals surface area contributed by atoms with E-state index in [1.807, 2.05) is 12.1 Å². The smallest absolute Gasteiger partial charge is 0.396 e. The fourth-order valence-electron chi connectivity index (χ4n) is 2.71. The molecule has 26 heavy (non-hydrogen) atoms. The molecule has 0 unspecified atom stereocenters. The number of aliphatic hydroxyl groups excluding tert-OH is 1. The number of halogens is 5. The van der Waals surface area contributed by atoms with Gasteiger partial charge in [0.2, 0.25) is 0 Å². The summed E-state index contributed by atoms with van der Waals surface area (Å²) in [5.74, 6) is -1.30. The van der Waals surface area contributed by atoms with Crippen molar-refractivity contribution in [2.24, 2.45) is 0 Å². The largest absolute Gasteiger partial charge is 0.419 e. The molecule has 8 heteroatoms. The minimum atomic E-state index is -4.77. The van der Waals surface area contributed by atoms with Crippen molar-refractivity contribution < 1.29 is 27.5 Å². The van der Waals surface area contributed by atoms with Gasteiger partial charge < -0.3 is 9.94 Å². The fraction of sp³-hybridized carbons (Fsp3) is 0.222. The van der Waals surface area contributed by atoms with Crippen LogP contribution >= 0.6 is 11.6 Å². The third-order valence-corrected chi connectivity index (χ3v) is 4.20. The Hall–Kier alpha value is -2.25. The van der Waals surface area contributed by atoms with Gasteiger partial charge in [0.05, 0.1) is 22.8 Å². The molecule has 1 aliphatic rings. The Labute approximate surface area is 152 Å². The maximum Gasteiger partial charge on any atom is 0.419 e. The molecular formula is C18H14ClF4NO2. The molecule has 1 heterocycles. The highest BCUT2D eigenvalue weighted by molar-refractivity contribution is 6.33. The first-order valence-corrected chi connectivity index (χ1v) is 8.09. The molecule has 1 aliphatic heterocycles. The Balaban J connectivity index is 1.88. The van der Waals surface area contributed by atoms with E-state index in [9.17, 15) is 17.6 Å². The molecule has 138 valence electrons. The van der Waals surface area contributed by atoms with Crippen molar-refractivity contribution in [2.75, 3.05) is 18.2 Å². The zero-order chi connectivity index (χ0) is 18.9. The number of nitrogens with zero attached hydrogens (tertiary/aromatic N) is 1. The van der Waals surface area contributed by atoms with Gasteiger partial charge in [-0.05, 0) is 30.2 Å². The highest BCUT2D eigenvalue weighted by Crippen LogP contribution is 2.37. The van der Waals surface area contributed by atoms with E-state index < -0.39 is 17.6 Å². The lowest BCUT2D eigenvalue weighted by atomic mass is 10.1. The van der Waals surface area contributed by atoms with E-state index >= 15 is 0 Å². The lowest BCUT2D eigenvalue weighted by Crippen LogP contribution is -2.19. The van der Waals surface area contributed by atoms with Crippen LogP contribution in [0.25, 0.3) is 5.76 Å². The van der Waals surface area contributed by atoms with Gasteiger partial charge in [0, 0.05) is 12.2 Å². The maximum atomic E-state index is 13.8. The number of alkyl halides is 3. The number of hydrogen-bond acceptors (Lipinski definition) is 3. The minimum Gasteiger partial charge on any atom is -0.396 e. The molecule has 1 N–H and O–H groups in total. The zero-order valence-electron chi connectivity index (χ0n) is 13.4. The summed E-state index contributed by atoms with van der Waals surface area (Å²) in [4.78, 5) is 5.66. The van der Waals surface area contributed by atoms with Crippen LogP contribution < -0.4 is 5.06 Å². The molecular weight excluding hydrogens is 374 g/mol. The Kier molecular flexibility index (Phi) is 5.11. The van der Waals surface area contributed by atoms with Crippen LogP contribution in [0.15, 0.2) is 47.5 Å². The van der Waals surface area contributed by atoms with Crippen LogP contribution in [0.2, 0.25) is 0 Å². The molecule has 0 aromatic heterocycles. The highest BCUT2D eigenvalue weighted by atomic mass is 35.5. The lowest BCUT2D eigenvalue weighted by Gasteiger charge is -2.21. The van der Waals surface area contributed by atoms with Crippen LogP contribution in [-0.4, -0.2) is 18.3 Å². The van der Waals surface area contributed by atoms with Crippen molar-refractivity contribution in [1.82, 2.24) is 0 Å². The Morgan fingerprint density at radius 1 is 1.15 bits per heavy atom. The van der Waals surface area contributed by atoms with Gasteiger partial charge in [-0.3, -0.25) is 0 Å². The molecule has 0 fully saturated rings. The summed E-state index contributed by atoms with van der Waals surface area (Å²) in [5.41, 5.74) is 0.255. The monoisotopic (exact) mass is 387 g/mol. The molecule has 0 saturated carbocycles. The van der Waals surface area contributed by atoms with Gasteiger partial charge in [0.1, 0.15) is 5.82 Å². The summed E-state index contributed by atoms with van der Waals surface area (Å²) in [6, 6.07) is 9.71. The van der Waals surface area contributed by atoms with E-state index in [2.05, 4.69) is 0 Å². The first kappa shape index (κ1) is 18.5. The number of benzene rings is 2. The molecule has 2 aromatic rings. The number of anilines is 1. The van der Waals surface area contributed by atoms with Crippen LogP contribution in [0.4, 0.5) is 23.2 Å². The van der Waals surface area contributed by atoms with E-state index in [1.54, 1.807) is 12.1 Å². The van der Waals surface area contributed by atoms with Crippen molar-refractivity contribution in [1.29, 1.82) is 0 Å². The minimum absolute atomic E-state index is 0.0526. The molecule has 0 amide bonds. The molecule has 0 spiro atoms. The molecule has 0 radical (unpaired) electrons. The molecule has 0 atom stereocenters. The van der Waals surface area contributed by atoms with Gasteiger partial charge in [0.15, 0.2) is 5.76 Å². The van der Waals surface area contributed by atoms with Crippen molar-refractivity contribution in [3.05, 3.63) is 70.0 Å². The van der Waals surface area contributed by atoms with Gasteiger partial charge in [-0.15, -0.1) is 0 Å². The van der Waals surface area contributed by atoms with Gasteiger partial charge in [-0.25, -0.2) is 9.45 Å². The van der Waals surface area contributed by atoms with E-state index in [4.69, 9.17) is 21.5 Å². The average molecular weight is 388 g/mol. The summed E-state index contributed by atoms with van der Waals surface area (Å²) in [5, 5.41) is 10.9. The number of aliphatic hydroxyl groups is 1. The zero-order valence-corrected chi connectivity index (χ0v) is 14.1. The van der Waals surface area contributed by atoms with Crippen molar-refractivity contribution >= 4 is 23.0 Å². The van der Waals surface area contributed by atoms with E-state index in [0.717, 1.165) is 17.7 Å². The van der Waals surface area contributed by atoms with Crippen LogP contribution in [0.5, 0.6) is 0 Å². The molecule has 0 saturated heterocycles. The summed E-state index contributed by atoms with van der Waals surface area (Å²) in [7, 11) is 0. The fourth-order valence-corrected chi connectivity index (χ4v) is 2.96. The summed E-state index contributed by atoms with van der Waals surface area (Å²) in [6.45, 7) is 0.102. The van der Waals surface area contributed by atoms with Gasteiger partial charge in [-0.2, -0.15) is 13.2 Å². The van der Waals surface area contributed by atoms with Crippen LogP contribution in [0.3, 0.4) is 0 Å². The lowest BCUT2D eigenvalue weighted by molar-refractivity contribution is -0.140.